The van der Waals surface area contributed by atoms with Gasteiger partial charge in [-0.05, 0) is 43.0 Å². The highest BCUT2D eigenvalue weighted by molar-refractivity contribution is 5.53. The van der Waals surface area contributed by atoms with Crippen LogP contribution in [0.4, 0.5) is 10.1 Å². The summed E-state index contributed by atoms with van der Waals surface area (Å²) in [7, 11) is 0. The van der Waals surface area contributed by atoms with Gasteiger partial charge >= 0.3 is 0 Å². The standard InChI is InChI=1S/C13H17FN2/c14-10-4-5-13-9(6-10)7-12(8-15-13)16-11-2-1-3-11/h4-6,11-12,15-16H,1-3,7-8H2. The van der Waals surface area contributed by atoms with Gasteiger partial charge in [0.05, 0.1) is 0 Å². The molecule has 3 heteroatoms. The van der Waals surface area contributed by atoms with Gasteiger partial charge in [-0.1, -0.05) is 6.42 Å². The van der Waals surface area contributed by atoms with Crippen molar-refractivity contribution in [3.8, 4) is 0 Å². The zero-order valence-electron chi connectivity index (χ0n) is 9.30. The fourth-order valence-electron chi connectivity index (χ4n) is 2.50. The van der Waals surface area contributed by atoms with Crippen LogP contribution < -0.4 is 10.6 Å². The Bertz CT molecular complexity index is 388. The third-order valence-corrected chi connectivity index (χ3v) is 3.65. The summed E-state index contributed by atoms with van der Waals surface area (Å²) in [4.78, 5) is 0. The molecule has 2 aliphatic rings. The van der Waals surface area contributed by atoms with Crippen LogP contribution in [-0.2, 0) is 6.42 Å². The molecule has 0 radical (unpaired) electrons. The van der Waals surface area contributed by atoms with E-state index >= 15 is 0 Å². The summed E-state index contributed by atoms with van der Waals surface area (Å²) in [5, 5.41) is 6.99. The highest BCUT2D eigenvalue weighted by Crippen LogP contribution is 2.25. The number of benzene rings is 1. The first-order valence-electron chi connectivity index (χ1n) is 6.09. The van der Waals surface area contributed by atoms with Gasteiger partial charge in [-0.3, -0.25) is 0 Å². The summed E-state index contributed by atoms with van der Waals surface area (Å²) in [6.07, 6.45) is 4.89. The predicted molar refractivity (Wildman–Crippen MR) is 63.2 cm³/mol. The molecule has 1 aromatic carbocycles. The van der Waals surface area contributed by atoms with E-state index in [1.807, 2.05) is 6.07 Å². The topological polar surface area (TPSA) is 24.1 Å². The van der Waals surface area contributed by atoms with Gasteiger partial charge in [-0.25, -0.2) is 4.39 Å². The van der Waals surface area contributed by atoms with Crippen LogP contribution in [0, 0.1) is 5.82 Å². The molecule has 1 aliphatic heterocycles. The fourth-order valence-corrected chi connectivity index (χ4v) is 2.50. The van der Waals surface area contributed by atoms with Crippen LogP contribution in [0.25, 0.3) is 0 Å². The molecule has 1 aromatic rings. The molecule has 1 fully saturated rings. The minimum atomic E-state index is -0.134. The Balaban J connectivity index is 1.69. The quantitative estimate of drug-likeness (QED) is 0.799. The summed E-state index contributed by atoms with van der Waals surface area (Å²) in [5.74, 6) is -0.134. The number of nitrogens with one attached hydrogen (secondary N) is 2. The van der Waals surface area contributed by atoms with Gasteiger partial charge in [0.15, 0.2) is 0 Å². The van der Waals surface area contributed by atoms with Crippen molar-refractivity contribution in [2.24, 2.45) is 0 Å². The molecule has 1 unspecified atom stereocenters. The molecule has 1 saturated carbocycles. The lowest BCUT2D eigenvalue weighted by Gasteiger charge is -2.34. The van der Waals surface area contributed by atoms with Crippen LogP contribution in [-0.4, -0.2) is 18.6 Å². The average Bonchev–Trinajstić information content (AvgIpc) is 2.23. The first-order chi connectivity index (χ1) is 7.81. The van der Waals surface area contributed by atoms with Crippen molar-refractivity contribution in [2.45, 2.75) is 37.8 Å². The number of anilines is 1. The molecule has 0 aromatic heterocycles. The molecule has 3 rings (SSSR count). The monoisotopic (exact) mass is 220 g/mol. The number of hydrogen-bond donors (Lipinski definition) is 2. The molecule has 2 nitrogen and oxygen atoms in total. The smallest absolute Gasteiger partial charge is 0.123 e. The van der Waals surface area contributed by atoms with Gasteiger partial charge in [-0.15, -0.1) is 0 Å². The largest absolute Gasteiger partial charge is 0.383 e. The summed E-state index contributed by atoms with van der Waals surface area (Å²) in [6.45, 7) is 0.954. The van der Waals surface area contributed by atoms with E-state index in [1.54, 1.807) is 6.07 Å². The van der Waals surface area contributed by atoms with Crippen molar-refractivity contribution in [1.29, 1.82) is 0 Å². The second-order valence-electron chi connectivity index (χ2n) is 4.88. The maximum Gasteiger partial charge on any atom is 0.123 e. The number of rotatable bonds is 2. The highest BCUT2D eigenvalue weighted by atomic mass is 19.1. The van der Waals surface area contributed by atoms with Gasteiger partial charge in [0.1, 0.15) is 5.82 Å². The highest BCUT2D eigenvalue weighted by Gasteiger charge is 2.24. The minimum absolute atomic E-state index is 0.134. The van der Waals surface area contributed by atoms with E-state index in [9.17, 15) is 4.39 Å². The van der Waals surface area contributed by atoms with Crippen LogP contribution >= 0.6 is 0 Å². The normalized spacial score (nSPS) is 24.4. The summed E-state index contributed by atoms with van der Waals surface area (Å²) in [6, 6.07) is 6.16. The van der Waals surface area contributed by atoms with Crippen molar-refractivity contribution < 1.29 is 4.39 Å². The molecule has 0 saturated heterocycles. The van der Waals surface area contributed by atoms with Crippen molar-refractivity contribution in [3.05, 3.63) is 29.6 Å². The van der Waals surface area contributed by atoms with Gasteiger partial charge in [-0.2, -0.15) is 0 Å². The van der Waals surface area contributed by atoms with Crippen LogP contribution in [0.15, 0.2) is 18.2 Å². The van der Waals surface area contributed by atoms with E-state index in [-0.39, 0.29) is 5.82 Å². The number of hydrogen-bond acceptors (Lipinski definition) is 2. The van der Waals surface area contributed by atoms with E-state index < -0.39 is 0 Å². The molecular weight excluding hydrogens is 203 g/mol. The summed E-state index contributed by atoms with van der Waals surface area (Å²) in [5.41, 5.74) is 2.19. The van der Waals surface area contributed by atoms with E-state index in [0.717, 1.165) is 24.2 Å². The Hall–Kier alpha value is -1.09. The van der Waals surface area contributed by atoms with Crippen molar-refractivity contribution in [3.63, 3.8) is 0 Å². The van der Waals surface area contributed by atoms with E-state index in [1.165, 1.54) is 25.3 Å². The minimum Gasteiger partial charge on any atom is -0.383 e. The molecule has 86 valence electrons. The van der Waals surface area contributed by atoms with Gasteiger partial charge in [0.25, 0.3) is 0 Å². The fraction of sp³-hybridized carbons (Fsp3) is 0.538. The Morgan fingerprint density at radius 3 is 2.88 bits per heavy atom. The maximum atomic E-state index is 13.1. The molecule has 0 bridgehead atoms. The maximum absolute atomic E-state index is 13.1. The van der Waals surface area contributed by atoms with Crippen molar-refractivity contribution >= 4 is 5.69 Å². The predicted octanol–water partition coefficient (Wildman–Crippen LogP) is 2.30. The lowest BCUT2D eigenvalue weighted by molar-refractivity contribution is 0.304. The Morgan fingerprint density at radius 2 is 2.12 bits per heavy atom. The van der Waals surface area contributed by atoms with Crippen molar-refractivity contribution in [1.82, 2.24) is 5.32 Å². The SMILES string of the molecule is Fc1ccc2c(c1)CC(NC1CCC1)CN2. The molecule has 2 N–H and O–H groups in total. The molecule has 1 heterocycles. The van der Waals surface area contributed by atoms with Gasteiger partial charge < -0.3 is 10.6 Å². The first-order valence-corrected chi connectivity index (χ1v) is 6.09. The summed E-state index contributed by atoms with van der Waals surface area (Å²) < 4.78 is 13.1. The Morgan fingerprint density at radius 1 is 1.25 bits per heavy atom. The van der Waals surface area contributed by atoms with Gasteiger partial charge in [0.2, 0.25) is 0 Å². The van der Waals surface area contributed by atoms with Crippen molar-refractivity contribution in [2.75, 3.05) is 11.9 Å². The van der Waals surface area contributed by atoms with Crippen LogP contribution in [0.5, 0.6) is 0 Å². The lowest BCUT2D eigenvalue weighted by atomic mass is 9.90. The van der Waals surface area contributed by atoms with Gasteiger partial charge in [0, 0.05) is 24.3 Å². The van der Waals surface area contributed by atoms with Crippen LogP contribution in [0.1, 0.15) is 24.8 Å². The third kappa shape index (κ3) is 1.92. The Labute approximate surface area is 95.2 Å². The molecule has 16 heavy (non-hydrogen) atoms. The molecule has 0 amide bonds. The zero-order chi connectivity index (χ0) is 11.0. The number of fused-ring (bicyclic) bond motifs is 1. The van der Waals surface area contributed by atoms with E-state index in [4.69, 9.17) is 0 Å². The second kappa shape index (κ2) is 4.06. The Kier molecular flexibility index (Phi) is 2.56. The van der Waals surface area contributed by atoms with Crippen LogP contribution in [0.2, 0.25) is 0 Å². The second-order valence-corrected chi connectivity index (χ2v) is 4.88. The average molecular weight is 220 g/mol. The number of halogens is 1. The van der Waals surface area contributed by atoms with E-state index in [0.29, 0.717) is 12.1 Å². The summed E-state index contributed by atoms with van der Waals surface area (Å²) >= 11 is 0. The van der Waals surface area contributed by atoms with E-state index in [2.05, 4.69) is 10.6 Å². The lowest BCUT2D eigenvalue weighted by Crippen LogP contribution is -2.48. The zero-order valence-corrected chi connectivity index (χ0v) is 9.30. The molecule has 1 aliphatic carbocycles. The molecule has 1 atom stereocenters. The third-order valence-electron chi connectivity index (χ3n) is 3.65. The van der Waals surface area contributed by atoms with Crippen LogP contribution in [0.3, 0.4) is 0 Å². The first kappa shape index (κ1) is 10.1. The molecule has 0 spiro atoms. The molecular formula is C13H17FN2.